The summed E-state index contributed by atoms with van der Waals surface area (Å²) in [4.78, 5) is 17.2. The third-order valence-corrected chi connectivity index (χ3v) is 4.95. The van der Waals surface area contributed by atoms with Crippen molar-refractivity contribution >= 4 is 23.2 Å². The molecule has 0 spiro atoms. The molecule has 1 aliphatic rings. The average Bonchev–Trinajstić information content (AvgIpc) is 3.15. The third kappa shape index (κ3) is 4.58. The number of anilines is 1. The molecule has 2 heterocycles. The number of benzene rings is 1. The van der Waals surface area contributed by atoms with Crippen LogP contribution in [0.1, 0.15) is 12.7 Å². The highest BCUT2D eigenvalue weighted by Crippen LogP contribution is 2.28. The molecule has 0 aliphatic carbocycles. The van der Waals surface area contributed by atoms with Crippen molar-refractivity contribution in [3.8, 4) is 5.75 Å². The monoisotopic (exact) mass is 377 g/mol. The lowest BCUT2D eigenvalue weighted by atomic mass is 10.2. The van der Waals surface area contributed by atoms with E-state index >= 15 is 0 Å². The second-order valence-electron chi connectivity index (χ2n) is 6.40. The first-order valence-electron chi connectivity index (χ1n) is 8.70. The number of halogens is 1. The largest absolute Gasteiger partial charge is 0.495 e. The van der Waals surface area contributed by atoms with Crippen molar-refractivity contribution in [2.24, 2.45) is 0 Å². The van der Waals surface area contributed by atoms with Gasteiger partial charge in [-0.15, -0.1) is 0 Å². The van der Waals surface area contributed by atoms with Crippen LogP contribution in [0.4, 0.5) is 5.69 Å². The Morgan fingerprint density at radius 3 is 2.73 bits per heavy atom. The number of hydrogen-bond donors (Lipinski definition) is 1. The molecule has 2 aromatic rings. The summed E-state index contributed by atoms with van der Waals surface area (Å²) in [5, 5.41) is 3.48. The Balaban J connectivity index is 1.54. The summed E-state index contributed by atoms with van der Waals surface area (Å²) >= 11 is 6.03. The number of methoxy groups -OCH3 is 1. The van der Waals surface area contributed by atoms with E-state index in [4.69, 9.17) is 20.8 Å². The fraction of sp³-hybridized carbons (Fsp3) is 0.421. The molecule has 0 unspecified atom stereocenters. The second kappa shape index (κ2) is 8.58. The van der Waals surface area contributed by atoms with Gasteiger partial charge >= 0.3 is 0 Å². The quantitative estimate of drug-likeness (QED) is 0.838. The number of ether oxygens (including phenoxy) is 1. The van der Waals surface area contributed by atoms with Crippen LogP contribution in [-0.4, -0.2) is 55.0 Å². The van der Waals surface area contributed by atoms with Crippen LogP contribution in [-0.2, 0) is 11.3 Å². The van der Waals surface area contributed by atoms with Gasteiger partial charge in [-0.1, -0.05) is 11.6 Å². The van der Waals surface area contributed by atoms with Crippen LogP contribution in [0.2, 0.25) is 5.02 Å². The molecule has 1 N–H and O–H groups in total. The molecule has 26 heavy (non-hydrogen) atoms. The van der Waals surface area contributed by atoms with Gasteiger partial charge in [-0.05, 0) is 37.3 Å². The summed E-state index contributed by atoms with van der Waals surface area (Å²) in [6.07, 6.45) is 1.70. The van der Waals surface area contributed by atoms with E-state index in [0.717, 1.165) is 38.5 Å². The highest BCUT2D eigenvalue weighted by Gasteiger charge is 2.26. The highest BCUT2D eigenvalue weighted by molar-refractivity contribution is 6.31. The van der Waals surface area contributed by atoms with Crippen LogP contribution in [0.5, 0.6) is 5.75 Å². The van der Waals surface area contributed by atoms with Crippen LogP contribution in [0.25, 0.3) is 0 Å². The number of hydrogen-bond acceptors (Lipinski definition) is 5. The number of nitrogens with one attached hydrogen (secondary N) is 1. The lowest BCUT2D eigenvalue weighted by molar-refractivity contribution is -0.121. The molecule has 1 atom stereocenters. The molecule has 6 nitrogen and oxygen atoms in total. The minimum atomic E-state index is -0.232. The molecular weight excluding hydrogens is 354 g/mol. The van der Waals surface area contributed by atoms with Crippen molar-refractivity contribution in [1.29, 1.82) is 0 Å². The Labute approximate surface area is 158 Å². The Kier molecular flexibility index (Phi) is 6.19. The van der Waals surface area contributed by atoms with Crippen molar-refractivity contribution < 1.29 is 13.9 Å². The number of carbonyl (C=O) groups excluding carboxylic acids is 1. The normalized spacial score (nSPS) is 17.0. The van der Waals surface area contributed by atoms with Crippen molar-refractivity contribution in [2.75, 3.05) is 38.6 Å². The number of rotatable bonds is 6. The summed E-state index contributed by atoms with van der Waals surface area (Å²) in [6, 6.07) is 8.84. The number of nitrogens with zero attached hydrogens (tertiary/aromatic N) is 2. The lowest BCUT2D eigenvalue weighted by Gasteiger charge is -2.37. The lowest BCUT2D eigenvalue weighted by Crippen LogP contribution is -2.52. The Hall–Kier alpha value is -2.02. The van der Waals surface area contributed by atoms with E-state index in [1.807, 2.05) is 19.1 Å². The van der Waals surface area contributed by atoms with Gasteiger partial charge in [-0.2, -0.15) is 0 Å². The van der Waals surface area contributed by atoms with Gasteiger partial charge in [0.1, 0.15) is 11.5 Å². The smallest absolute Gasteiger partial charge is 0.241 e. The van der Waals surface area contributed by atoms with Crippen LogP contribution in [0.15, 0.2) is 41.0 Å². The van der Waals surface area contributed by atoms with Crippen molar-refractivity contribution in [3.63, 3.8) is 0 Å². The first-order chi connectivity index (χ1) is 12.6. The maximum Gasteiger partial charge on any atom is 0.241 e. The molecule has 1 fully saturated rings. The van der Waals surface area contributed by atoms with Crippen LogP contribution in [0, 0.1) is 0 Å². The van der Waals surface area contributed by atoms with Crippen molar-refractivity contribution in [3.05, 3.63) is 47.4 Å². The van der Waals surface area contributed by atoms with Gasteiger partial charge in [0.25, 0.3) is 0 Å². The Morgan fingerprint density at radius 2 is 2.08 bits per heavy atom. The van der Waals surface area contributed by atoms with E-state index in [0.29, 0.717) is 16.5 Å². The average molecular weight is 378 g/mol. The molecule has 7 heteroatoms. The van der Waals surface area contributed by atoms with E-state index < -0.39 is 0 Å². The molecule has 3 rings (SSSR count). The second-order valence-corrected chi connectivity index (χ2v) is 6.84. The van der Waals surface area contributed by atoms with Gasteiger partial charge in [0.15, 0.2) is 0 Å². The molecule has 0 radical (unpaired) electrons. The number of carbonyl (C=O) groups is 1. The summed E-state index contributed by atoms with van der Waals surface area (Å²) < 4.78 is 10.7. The third-order valence-electron chi connectivity index (χ3n) is 4.71. The van der Waals surface area contributed by atoms with Crippen LogP contribution < -0.4 is 10.1 Å². The highest BCUT2D eigenvalue weighted by atomic mass is 35.5. The molecule has 1 aliphatic heterocycles. The fourth-order valence-corrected chi connectivity index (χ4v) is 3.28. The topological polar surface area (TPSA) is 58.0 Å². The number of furan rings is 1. The van der Waals surface area contributed by atoms with Crippen molar-refractivity contribution in [2.45, 2.75) is 19.5 Å². The van der Waals surface area contributed by atoms with Crippen LogP contribution >= 0.6 is 11.6 Å². The number of piperazine rings is 1. The van der Waals surface area contributed by atoms with Gasteiger partial charge in [0, 0.05) is 31.2 Å². The minimum Gasteiger partial charge on any atom is -0.495 e. The van der Waals surface area contributed by atoms with Gasteiger partial charge in [-0.3, -0.25) is 14.6 Å². The molecule has 0 bridgehead atoms. The standard InChI is InChI=1S/C19H24ClN3O3/c1-14(19(24)21-17-12-15(20)5-6-18(17)25-2)23-9-7-22(8-10-23)13-16-4-3-11-26-16/h3-6,11-12,14H,7-10,13H2,1-2H3,(H,21,24)/t14-/m0/s1. The van der Waals surface area contributed by atoms with E-state index in [-0.39, 0.29) is 11.9 Å². The van der Waals surface area contributed by atoms with Gasteiger partial charge < -0.3 is 14.5 Å². The minimum absolute atomic E-state index is 0.0648. The van der Waals surface area contributed by atoms with Gasteiger partial charge in [-0.25, -0.2) is 0 Å². The van der Waals surface area contributed by atoms with E-state index in [1.165, 1.54) is 0 Å². The molecule has 0 saturated carbocycles. The maximum atomic E-state index is 12.6. The predicted molar refractivity (Wildman–Crippen MR) is 102 cm³/mol. The molecule has 1 aromatic heterocycles. The summed E-state index contributed by atoms with van der Waals surface area (Å²) in [7, 11) is 1.57. The van der Waals surface area contributed by atoms with Crippen LogP contribution in [0.3, 0.4) is 0 Å². The maximum absolute atomic E-state index is 12.6. The zero-order chi connectivity index (χ0) is 18.5. The van der Waals surface area contributed by atoms with Gasteiger partial charge in [0.05, 0.1) is 31.6 Å². The van der Waals surface area contributed by atoms with Gasteiger partial charge in [0.2, 0.25) is 5.91 Å². The van der Waals surface area contributed by atoms with Crippen molar-refractivity contribution in [1.82, 2.24) is 9.80 Å². The molecule has 1 saturated heterocycles. The van der Waals surface area contributed by atoms with E-state index in [9.17, 15) is 4.79 Å². The molecular formula is C19H24ClN3O3. The summed E-state index contributed by atoms with van der Waals surface area (Å²) in [6.45, 7) is 6.21. The first kappa shape index (κ1) is 18.8. The Morgan fingerprint density at radius 1 is 1.31 bits per heavy atom. The SMILES string of the molecule is COc1ccc(Cl)cc1NC(=O)[C@H](C)N1CCN(Cc2ccco2)CC1. The molecule has 140 valence electrons. The zero-order valence-electron chi connectivity index (χ0n) is 15.1. The summed E-state index contributed by atoms with van der Waals surface area (Å²) in [5.41, 5.74) is 0.591. The van der Waals surface area contributed by atoms with E-state index in [2.05, 4.69) is 15.1 Å². The fourth-order valence-electron chi connectivity index (χ4n) is 3.11. The first-order valence-corrected chi connectivity index (χ1v) is 9.08. The Bertz CT molecular complexity index is 728. The summed E-state index contributed by atoms with van der Waals surface area (Å²) in [5.74, 6) is 1.50. The van der Waals surface area contributed by atoms with E-state index in [1.54, 1.807) is 31.6 Å². The predicted octanol–water partition coefficient (Wildman–Crippen LogP) is 3.09. The zero-order valence-corrected chi connectivity index (χ0v) is 15.8. The number of amides is 1. The molecule has 1 aromatic carbocycles. The molecule has 1 amide bonds.